The fraction of sp³-hybridized carbons (Fsp3) is 0.522. The lowest BCUT2D eigenvalue weighted by Crippen LogP contribution is -2.40. The van der Waals surface area contributed by atoms with Crippen LogP contribution in [-0.2, 0) is 14.3 Å². The number of nitrogens with one attached hydrogen (secondary N) is 2. The average Bonchev–Trinajstić information content (AvgIpc) is 3.19. The molecule has 1 saturated heterocycles. The summed E-state index contributed by atoms with van der Waals surface area (Å²) in [5.74, 6) is -0.364. The summed E-state index contributed by atoms with van der Waals surface area (Å²) >= 11 is 0. The predicted octanol–water partition coefficient (Wildman–Crippen LogP) is 3.84. The van der Waals surface area contributed by atoms with Crippen LogP contribution in [0.15, 0.2) is 28.8 Å². The van der Waals surface area contributed by atoms with Crippen molar-refractivity contribution in [1.29, 1.82) is 0 Å². The Morgan fingerprint density at radius 2 is 2.03 bits per heavy atom. The van der Waals surface area contributed by atoms with Crippen molar-refractivity contribution >= 4 is 29.2 Å². The van der Waals surface area contributed by atoms with Crippen LogP contribution in [0.4, 0.5) is 22.0 Å². The fourth-order valence-corrected chi connectivity index (χ4v) is 4.16. The summed E-state index contributed by atoms with van der Waals surface area (Å²) < 4.78 is 15.8. The second-order valence-corrected chi connectivity index (χ2v) is 8.06. The molecule has 1 aromatic carbocycles. The molecule has 1 aromatic heterocycles. The first-order valence-corrected chi connectivity index (χ1v) is 11.1. The van der Waals surface area contributed by atoms with Gasteiger partial charge in [-0.15, -0.1) is 0 Å². The van der Waals surface area contributed by atoms with E-state index < -0.39 is 12.0 Å². The zero-order valence-corrected chi connectivity index (χ0v) is 19.3. The minimum atomic E-state index is -0.910. The number of ether oxygens (including phenoxy) is 2. The second-order valence-electron chi connectivity index (χ2n) is 8.06. The Bertz CT molecular complexity index is 941. The maximum Gasteiger partial charge on any atom is 0.325 e. The van der Waals surface area contributed by atoms with Gasteiger partial charge in [-0.2, -0.15) is 0 Å². The summed E-state index contributed by atoms with van der Waals surface area (Å²) in [5, 5.41) is 18.7. The van der Waals surface area contributed by atoms with Gasteiger partial charge in [0.2, 0.25) is 0 Å². The number of aliphatic carboxylic acids is 1. The van der Waals surface area contributed by atoms with Crippen LogP contribution >= 0.6 is 0 Å². The number of carboxylic acids is 1. The van der Waals surface area contributed by atoms with Gasteiger partial charge in [-0.05, 0) is 44.4 Å². The van der Waals surface area contributed by atoms with Gasteiger partial charge in [0.25, 0.3) is 0 Å². The summed E-state index contributed by atoms with van der Waals surface area (Å²) in [6, 6.07) is 7.12. The molecule has 0 spiro atoms. The first-order valence-electron chi connectivity index (χ1n) is 11.1. The topological polar surface area (TPSA) is 126 Å². The van der Waals surface area contributed by atoms with Crippen LogP contribution in [0.3, 0.4) is 0 Å². The number of carboxylic acid groups (broad SMARTS) is 1. The number of aromatic nitrogens is 1. The number of carbonyl (C=O) groups is 2. The molecule has 2 amide bonds. The van der Waals surface area contributed by atoms with Crippen molar-refractivity contribution in [3.63, 3.8) is 0 Å². The van der Waals surface area contributed by atoms with Crippen molar-refractivity contribution in [2.45, 2.75) is 45.1 Å². The average molecular weight is 461 g/mol. The number of hydrogen-bond donors (Lipinski definition) is 3. The molecular formula is C23H32N4O6. The molecule has 2 aromatic rings. The minimum Gasteiger partial charge on any atom is -0.481 e. The number of aryl methyl sites for hydroxylation is 1. The van der Waals surface area contributed by atoms with Gasteiger partial charge in [-0.1, -0.05) is 11.2 Å². The molecule has 3 rings (SSSR count). The van der Waals surface area contributed by atoms with Crippen LogP contribution < -0.4 is 15.5 Å². The minimum absolute atomic E-state index is 0.0749. The van der Waals surface area contributed by atoms with Gasteiger partial charge in [0.15, 0.2) is 5.82 Å². The Hall–Kier alpha value is -3.11. The predicted molar refractivity (Wildman–Crippen MR) is 124 cm³/mol. The van der Waals surface area contributed by atoms with Crippen molar-refractivity contribution in [2.75, 3.05) is 49.0 Å². The number of benzene rings is 1. The van der Waals surface area contributed by atoms with E-state index >= 15 is 0 Å². The number of amides is 2. The first-order chi connectivity index (χ1) is 15.9. The molecule has 10 nitrogen and oxygen atoms in total. The summed E-state index contributed by atoms with van der Waals surface area (Å²) in [6.45, 7) is 6.21. The number of methoxy groups -OCH3 is 1. The number of carbonyl (C=O) groups excluding carboxylic acids is 1. The zero-order valence-electron chi connectivity index (χ0n) is 19.3. The molecular weight excluding hydrogens is 428 g/mol. The number of nitrogens with zero attached hydrogens (tertiary/aromatic N) is 2. The normalized spacial score (nSPS) is 15.1. The monoisotopic (exact) mass is 460 g/mol. The third kappa shape index (κ3) is 6.69. The molecule has 0 aliphatic carbocycles. The maximum atomic E-state index is 12.8. The third-order valence-corrected chi connectivity index (χ3v) is 5.68. The lowest BCUT2D eigenvalue weighted by molar-refractivity contribution is -0.137. The smallest absolute Gasteiger partial charge is 0.325 e. The second kappa shape index (κ2) is 11.7. The molecule has 0 radical (unpaired) electrons. The molecule has 10 heteroatoms. The van der Waals surface area contributed by atoms with E-state index in [0.717, 1.165) is 30.6 Å². The highest BCUT2D eigenvalue weighted by atomic mass is 16.5. The molecule has 0 bridgehead atoms. The Morgan fingerprint density at radius 1 is 1.27 bits per heavy atom. The van der Waals surface area contributed by atoms with E-state index in [1.54, 1.807) is 20.1 Å². The molecule has 2 heterocycles. The van der Waals surface area contributed by atoms with Crippen molar-refractivity contribution in [3.8, 4) is 0 Å². The van der Waals surface area contributed by atoms with E-state index in [1.807, 2.05) is 18.2 Å². The number of hydrogen-bond acceptors (Lipinski definition) is 7. The van der Waals surface area contributed by atoms with Crippen molar-refractivity contribution in [2.24, 2.45) is 0 Å². The van der Waals surface area contributed by atoms with Crippen LogP contribution in [0.2, 0.25) is 0 Å². The Labute approximate surface area is 193 Å². The van der Waals surface area contributed by atoms with Gasteiger partial charge in [-0.3, -0.25) is 10.1 Å². The highest BCUT2D eigenvalue weighted by Crippen LogP contribution is 2.34. The molecule has 33 heavy (non-hydrogen) atoms. The maximum absolute atomic E-state index is 12.8. The van der Waals surface area contributed by atoms with E-state index in [-0.39, 0.29) is 25.0 Å². The lowest BCUT2D eigenvalue weighted by atomic mass is 9.95. The summed E-state index contributed by atoms with van der Waals surface area (Å²) in [5.41, 5.74) is 2.23. The van der Waals surface area contributed by atoms with E-state index in [0.29, 0.717) is 30.5 Å². The molecule has 1 fully saturated rings. The Kier molecular flexibility index (Phi) is 8.67. The van der Waals surface area contributed by atoms with Crippen LogP contribution in [0.25, 0.3) is 0 Å². The summed E-state index contributed by atoms with van der Waals surface area (Å²) in [6.07, 6.45) is 1.71. The molecule has 1 aliphatic rings. The molecule has 1 atom stereocenters. The Balaban J connectivity index is 1.92. The van der Waals surface area contributed by atoms with E-state index in [9.17, 15) is 14.7 Å². The molecule has 1 unspecified atom stereocenters. The quantitative estimate of drug-likeness (QED) is 0.488. The van der Waals surface area contributed by atoms with Gasteiger partial charge >= 0.3 is 12.0 Å². The van der Waals surface area contributed by atoms with Crippen molar-refractivity contribution < 1.29 is 28.7 Å². The van der Waals surface area contributed by atoms with Gasteiger partial charge in [0.1, 0.15) is 5.76 Å². The first kappa shape index (κ1) is 24.5. The SMILES string of the molecule is CCN(c1ccc(C(COC)CC(=O)O)cc1NC(=O)Nc1cc(C)on1)C1CCOCC1. The molecule has 3 N–H and O–H groups in total. The third-order valence-electron chi connectivity index (χ3n) is 5.68. The standard InChI is InChI=1S/C23H32N4O6/c1-4-27(18-7-9-32-10-8-18)20-6-5-16(17(14-31-3)13-22(28)29)12-19(20)24-23(30)25-21-11-15(2)33-26-21/h5-6,11-12,17-18H,4,7-10,13-14H2,1-3H3,(H,28,29)(H2,24,25,26,30). The van der Waals surface area contributed by atoms with Gasteiger partial charge in [-0.25, -0.2) is 4.79 Å². The van der Waals surface area contributed by atoms with Crippen LogP contribution in [-0.4, -0.2) is 61.8 Å². The molecule has 1 aliphatic heterocycles. The van der Waals surface area contributed by atoms with Crippen molar-refractivity contribution in [1.82, 2.24) is 5.16 Å². The van der Waals surface area contributed by atoms with Crippen LogP contribution in [0, 0.1) is 6.92 Å². The Morgan fingerprint density at radius 3 is 2.64 bits per heavy atom. The summed E-state index contributed by atoms with van der Waals surface area (Å²) in [4.78, 5) is 26.4. The van der Waals surface area contributed by atoms with Gasteiger partial charge < -0.3 is 29.3 Å². The molecule has 0 saturated carbocycles. The highest BCUT2D eigenvalue weighted by molar-refractivity contribution is 6.01. The number of anilines is 3. The summed E-state index contributed by atoms with van der Waals surface area (Å²) in [7, 11) is 1.54. The van der Waals surface area contributed by atoms with E-state index in [2.05, 4.69) is 27.6 Å². The van der Waals surface area contributed by atoms with E-state index in [4.69, 9.17) is 14.0 Å². The van der Waals surface area contributed by atoms with Gasteiger partial charge in [0, 0.05) is 44.9 Å². The number of rotatable bonds is 10. The largest absolute Gasteiger partial charge is 0.481 e. The molecule has 180 valence electrons. The lowest BCUT2D eigenvalue weighted by Gasteiger charge is -2.36. The zero-order chi connectivity index (χ0) is 23.8. The van der Waals surface area contributed by atoms with Crippen molar-refractivity contribution in [3.05, 3.63) is 35.6 Å². The van der Waals surface area contributed by atoms with Crippen LogP contribution in [0.5, 0.6) is 0 Å². The number of urea groups is 1. The van der Waals surface area contributed by atoms with Crippen LogP contribution in [0.1, 0.15) is 43.4 Å². The fourth-order valence-electron chi connectivity index (χ4n) is 4.16. The van der Waals surface area contributed by atoms with E-state index in [1.165, 1.54) is 0 Å². The van der Waals surface area contributed by atoms with Gasteiger partial charge in [0.05, 0.1) is 24.4 Å². The highest BCUT2D eigenvalue weighted by Gasteiger charge is 2.25.